The summed E-state index contributed by atoms with van der Waals surface area (Å²) >= 11 is 0. The number of nitrogens with one attached hydrogen (secondary N) is 1. The van der Waals surface area contributed by atoms with Gasteiger partial charge in [-0.3, -0.25) is 4.79 Å². The minimum atomic E-state index is -0.597. The van der Waals surface area contributed by atoms with E-state index in [1.165, 1.54) is 0 Å². The lowest BCUT2D eigenvalue weighted by molar-refractivity contribution is -0.128. The Labute approximate surface area is 46.3 Å². The number of nitrogens with two attached hydrogens (primary N) is 1. The summed E-state index contributed by atoms with van der Waals surface area (Å²) in [6.07, 6.45) is 0. The number of hydrogen-bond donors (Lipinski definition) is 2. The van der Waals surface area contributed by atoms with Gasteiger partial charge in [0.1, 0.15) is 12.1 Å². The van der Waals surface area contributed by atoms with Gasteiger partial charge in [0, 0.05) is 0 Å². The second-order valence-corrected chi connectivity index (χ2v) is 1.64. The van der Waals surface area contributed by atoms with Crippen LogP contribution in [0.5, 0.6) is 0 Å². The molecule has 0 aromatic heterocycles. The normalized spacial score (nSPS) is 34.8. The summed E-state index contributed by atoms with van der Waals surface area (Å²) in [7, 11) is 0. The van der Waals surface area contributed by atoms with Crippen molar-refractivity contribution in [1.82, 2.24) is 5.32 Å². The number of hydrogen-bond acceptors (Lipinski definition) is 3. The smallest absolute Gasteiger partial charge is 0.241 e. The number of carbonyl (C=O) groups excluding carboxylic acids is 1. The molecule has 0 saturated carbocycles. The molecule has 0 spiro atoms. The van der Waals surface area contributed by atoms with Gasteiger partial charge in [0.2, 0.25) is 5.91 Å². The lowest BCUT2D eigenvalue weighted by Gasteiger charge is -2.27. The van der Waals surface area contributed by atoms with Crippen molar-refractivity contribution >= 4 is 5.91 Å². The molecular formula is C4H5N3O. The predicted molar refractivity (Wildman–Crippen MR) is 25.5 cm³/mol. The standard InChI is InChI=1S/C4H5N3O/c5-1-2-3(6)4(8)7-2/h2-3H,6H2,(H,7,8). The van der Waals surface area contributed by atoms with Gasteiger partial charge in [0.05, 0.1) is 6.07 Å². The number of carbonyl (C=O) groups is 1. The molecule has 1 aliphatic heterocycles. The summed E-state index contributed by atoms with van der Waals surface area (Å²) < 4.78 is 0. The Bertz CT molecular complexity index is 159. The van der Waals surface area contributed by atoms with Crippen LogP contribution >= 0.6 is 0 Å². The van der Waals surface area contributed by atoms with Crippen molar-refractivity contribution in [1.29, 1.82) is 5.26 Å². The molecule has 1 aliphatic rings. The molecule has 1 rings (SSSR count). The molecule has 1 heterocycles. The van der Waals surface area contributed by atoms with Gasteiger partial charge in [0.15, 0.2) is 0 Å². The molecule has 2 unspecified atom stereocenters. The molecule has 1 saturated heterocycles. The predicted octanol–water partition coefficient (Wildman–Crippen LogP) is -1.66. The fourth-order valence-electron chi connectivity index (χ4n) is 0.507. The number of nitrogens with zero attached hydrogens (tertiary/aromatic N) is 1. The maximum absolute atomic E-state index is 10.2. The monoisotopic (exact) mass is 111 g/mol. The van der Waals surface area contributed by atoms with Crippen LogP contribution < -0.4 is 11.1 Å². The van der Waals surface area contributed by atoms with Crippen LogP contribution in [0.4, 0.5) is 0 Å². The molecule has 0 aromatic rings. The van der Waals surface area contributed by atoms with Crippen LogP contribution in [0.3, 0.4) is 0 Å². The third kappa shape index (κ3) is 0.453. The van der Waals surface area contributed by atoms with E-state index < -0.39 is 12.1 Å². The number of amides is 1. The van der Waals surface area contributed by atoms with Gasteiger partial charge in [-0.15, -0.1) is 0 Å². The molecular weight excluding hydrogens is 106 g/mol. The Morgan fingerprint density at radius 1 is 1.88 bits per heavy atom. The van der Waals surface area contributed by atoms with Crippen LogP contribution in [0.15, 0.2) is 0 Å². The molecule has 1 fully saturated rings. The summed E-state index contributed by atoms with van der Waals surface area (Å²) in [5, 5.41) is 10.4. The minimum absolute atomic E-state index is 0.239. The van der Waals surface area contributed by atoms with Gasteiger partial charge in [-0.2, -0.15) is 5.26 Å². The Hall–Kier alpha value is -1.08. The van der Waals surface area contributed by atoms with E-state index in [9.17, 15) is 4.79 Å². The third-order valence-corrected chi connectivity index (χ3v) is 1.10. The van der Waals surface area contributed by atoms with Gasteiger partial charge < -0.3 is 11.1 Å². The summed E-state index contributed by atoms with van der Waals surface area (Å²) in [6.45, 7) is 0. The first-order valence-corrected chi connectivity index (χ1v) is 2.21. The summed E-state index contributed by atoms with van der Waals surface area (Å²) in [5.74, 6) is -0.239. The number of rotatable bonds is 0. The highest BCUT2D eigenvalue weighted by Gasteiger charge is 2.35. The molecule has 42 valence electrons. The minimum Gasteiger partial charge on any atom is -0.337 e. The average Bonchev–Trinajstić information content (AvgIpc) is 1.81. The summed E-state index contributed by atoms with van der Waals surface area (Å²) in [6, 6.07) is 0.771. The summed E-state index contributed by atoms with van der Waals surface area (Å²) in [5.41, 5.74) is 5.14. The fourth-order valence-corrected chi connectivity index (χ4v) is 0.507. The van der Waals surface area contributed by atoms with Gasteiger partial charge in [-0.1, -0.05) is 0 Å². The van der Waals surface area contributed by atoms with Gasteiger partial charge >= 0.3 is 0 Å². The van der Waals surface area contributed by atoms with E-state index in [-0.39, 0.29) is 5.91 Å². The zero-order chi connectivity index (χ0) is 6.15. The van der Waals surface area contributed by atoms with Crippen LogP contribution in [0, 0.1) is 11.3 Å². The van der Waals surface area contributed by atoms with E-state index >= 15 is 0 Å². The van der Waals surface area contributed by atoms with Crippen LogP contribution in [0.25, 0.3) is 0 Å². The largest absolute Gasteiger partial charge is 0.337 e. The Balaban J connectivity index is 2.50. The Morgan fingerprint density at radius 3 is 2.62 bits per heavy atom. The van der Waals surface area contributed by atoms with E-state index in [0.29, 0.717) is 0 Å². The second kappa shape index (κ2) is 1.46. The maximum atomic E-state index is 10.2. The zero-order valence-corrected chi connectivity index (χ0v) is 4.09. The lowest BCUT2D eigenvalue weighted by atomic mass is 10.0. The first-order valence-electron chi connectivity index (χ1n) is 2.21. The topological polar surface area (TPSA) is 78.9 Å². The number of β-lactam (4-membered cyclic amide) rings is 1. The molecule has 3 N–H and O–H groups in total. The van der Waals surface area contributed by atoms with Crippen molar-refractivity contribution in [3.63, 3.8) is 0 Å². The zero-order valence-electron chi connectivity index (χ0n) is 4.09. The molecule has 2 atom stereocenters. The Morgan fingerprint density at radius 2 is 2.50 bits per heavy atom. The molecule has 0 aliphatic carbocycles. The van der Waals surface area contributed by atoms with Crippen LogP contribution in [-0.2, 0) is 4.79 Å². The molecule has 0 aromatic carbocycles. The van der Waals surface area contributed by atoms with Crippen molar-refractivity contribution in [2.45, 2.75) is 12.1 Å². The molecule has 0 bridgehead atoms. The van der Waals surface area contributed by atoms with Crippen LogP contribution in [0.2, 0.25) is 0 Å². The van der Waals surface area contributed by atoms with Crippen molar-refractivity contribution in [3.05, 3.63) is 0 Å². The van der Waals surface area contributed by atoms with Gasteiger partial charge in [0.25, 0.3) is 0 Å². The van der Waals surface area contributed by atoms with Crippen molar-refractivity contribution < 1.29 is 4.79 Å². The number of nitriles is 1. The maximum Gasteiger partial charge on any atom is 0.241 e. The Kier molecular flexibility index (Phi) is 0.922. The molecule has 4 nitrogen and oxygen atoms in total. The van der Waals surface area contributed by atoms with Crippen molar-refractivity contribution in [2.75, 3.05) is 0 Å². The van der Waals surface area contributed by atoms with E-state index in [0.717, 1.165) is 0 Å². The highest BCUT2D eigenvalue weighted by Crippen LogP contribution is 1.99. The summed E-state index contributed by atoms with van der Waals surface area (Å²) in [4.78, 5) is 10.2. The SMILES string of the molecule is N#CC1NC(=O)C1N. The quantitative estimate of drug-likeness (QED) is 0.367. The second-order valence-electron chi connectivity index (χ2n) is 1.64. The highest BCUT2D eigenvalue weighted by atomic mass is 16.2. The molecule has 1 amide bonds. The lowest BCUT2D eigenvalue weighted by Crippen LogP contribution is -2.65. The fraction of sp³-hybridized carbons (Fsp3) is 0.500. The van der Waals surface area contributed by atoms with Gasteiger partial charge in [-0.05, 0) is 0 Å². The van der Waals surface area contributed by atoms with Gasteiger partial charge in [-0.25, -0.2) is 0 Å². The molecule has 8 heavy (non-hydrogen) atoms. The van der Waals surface area contributed by atoms with E-state index in [2.05, 4.69) is 5.32 Å². The van der Waals surface area contributed by atoms with Crippen molar-refractivity contribution in [2.24, 2.45) is 5.73 Å². The highest BCUT2D eigenvalue weighted by molar-refractivity contribution is 5.90. The molecule has 0 radical (unpaired) electrons. The van der Waals surface area contributed by atoms with E-state index in [4.69, 9.17) is 11.0 Å². The average molecular weight is 111 g/mol. The van der Waals surface area contributed by atoms with Crippen molar-refractivity contribution in [3.8, 4) is 6.07 Å². The first kappa shape index (κ1) is 5.06. The van der Waals surface area contributed by atoms with E-state index in [1.807, 2.05) is 6.07 Å². The van der Waals surface area contributed by atoms with Crippen LogP contribution in [-0.4, -0.2) is 18.0 Å². The molecule has 4 heteroatoms. The first-order chi connectivity index (χ1) is 3.75. The van der Waals surface area contributed by atoms with E-state index in [1.54, 1.807) is 0 Å². The third-order valence-electron chi connectivity index (χ3n) is 1.10. The van der Waals surface area contributed by atoms with Crippen LogP contribution in [0.1, 0.15) is 0 Å².